The molecule has 0 bridgehead atoms. The predicted octanol–water partition coefficient (Wildman–Crippen LogP) is 7.01. The number of amides is 1. The summed E-state index contributed by atoms with van der Waals surface area (Å²) in [4.78, 5) is 19.9. The molecule has 1 fully saturated rings. The molecular weight excluding hydrogens is 442 g/mol. The minimum Gasteiger partial charge on any atom is -0.454 e. The highest BCUT2D eigenvalue weighted by Crippen LogP contribution is 2.41. The van der Waals surface area contributed by atoms with E-state index in [2.05, 4.69) is 35.3 Å². The third-order valence-corrected chi connectivity index (χ3v) is 7.09. The van der Waals surface area contributed by atoms with E-state index in [0.29, 0.717) is 15.7 Å². The second kappa shape index (κ2) is 8.96. The van der Waals surface area contributed by atoms with E-state index in [-0.39, 0.29) is 5.91 Å². The summed E-state index contributed by atoms with van der Waals surface area (Å²) in [5.41, 5.74) is 3.45. The van der Waals surface area contributed by atoms with E-state index >= 15 is 0 Å². The molecule has 1 aliphatic rings. The van der Waals surface area contributed by atoms with Gasteiger partial charge < -0.3 is 9.32 Å². The van der Waals surface area contributed by atoms with Crippen LogP contribution in [-0.2, 0) is 6.42 Å². The average Bonchev–Trinajstić information content (AvgIpc) is 3.43. The molecule has 5 rings (SSSR count). The van der Waals surface area contributed by atoms with Gasteiger partial charge in [-0.05, 0) is 73.7 Å². The molecule has 7 heteroatoms. The van der Waals surface area contributed by atoms with Crippen molar-refractivity contribution in [3.05, 3.63) is 64.7 Å². The smallest absolute Gasteiger partial charge is 0.257 e. The summed E-state index contributed by atoms with van der Waals surface area (Å²) in [6.45, 7) is 4.12. The van der Waals surface area contributed by atoms with Gasteiger partial charge in [0.2, 0.25) is 0 Å². The van der Waals surface area contributed by atoms with Crippen LogP contribution in [-0.4, -0.2) is 24.0 Å². The van der Waals surface area contributed by atoms with Crippen molar-refractivity contribution in [2.75, 3.05) is 23.3 Å². The van der Waals surface area contributed by atoms with Crippen LogP contribution in [0.15, 0.2) is 52.9 Å². The highest BCUT2D eigenvalue weighted by molar-refractivity contribution is 7.20. The van der Waals surface area contributed by atoms with Crippen LogP contribution >= 0.6 is 22.9 Å². The zero-order chi connectivity index (χ0) is 22.1. The summed E-state index contributed by atoms with van der Waals surface area (Å²) in [7, 11) is 0. The van der Waals surface area contributed by atoms with Gasteiger partial charge in [-0.2, -0.15) is 0 Å². The number of aryl methyl sites for hydroxylation is 1. The van der Waals surface area contributed by atoms with Crippen molar-refractivity contribution in [1.82, 2.24) is 4.98 Å². The summed E-state index contributed by atoms with van der Waals surface area (Å²) < 4.78 is 6.19. The van der Waals surface area contributed by atoms with Crippen LogP contribution in [0.1, 0.15) is 42.1 Å². The van der Waals surface area contributed by atoms with E-state index in [4.69, 9.17) is 21.0 Å². The molecule has 0 radical (unpaired) electrons. The first kappa shape index (κ1) is 21.0. The molecule has 1 saturated heterocycles. The van der Waals surface area contributed by atoms with Gasteiger partial charge in [-0.1, -0.05) is 35.9 Å². The van der Waals surface area contributed by atoms with Gasteiger partial charge in [0.05, 0.1) is 0 Å². The molecule has 0 atom stereocenters. The lowest BCUT2D eigenvalue weighted by Crippen LogP contribution is -2.28. The Balaban J connectivity index is 1.51. The van der Waals surface area contributed by atoms with Crippen molar-refractivity contribution in [3.8, 4) is 11.5 Å². The number of hydrogen-bond donors (Lipinski definition) is 1. The van der Waals surface area contributed by atoms with Gasteiger partial charge in [0, 0.05) is 29.1 Å². The fourth-order valence-corrected chi connectivity index (χ4v) is 5.18. The number of fused-ring (bicyclic) bond motifs is 1. The maximum atomic E-state index is 12.7. The Morgan fingerprint density at radius 1 is 1.12 bits per heavy atom. The van der Waals surface area contributed by atoms with Crippen molar-refractivity contribution < 1.29 is 9.21 Å². The molecule has 2 aromatic heterocycles. The lowest BCUT2D eigenvalue weighted by Gasteiger charge is -2.27. The van der Waals surface area contributed by atoms with Crippen LogP contribution in [0.2, 0.25) is 5.02 Å². The number of nitrogens with zero attached hydrogens (tertiary/aromatic N) is 2. The third-order valence-electron chi connectivity index (χ3n) is 5.80. The largest absolute Gasteiger partial charge is 0.454 e. The van der Waals surface area contributed by atoms with Crippen LogP contribution in [0, 0.1) is 0 Å². The molecule has 0 aliphatic carbocycles. The lowest BCUT2D eigenvalue weighted by molar-refractivity contribution is 0.102. The number of piperidine rings is 1. The lowest BCUT2D eigenvalue weighted by atomic mass is 10.1. The molecule has 1 N–H and O–H groups in total. The number of hydrogen-bond acceptors (Lipinski definition) is 5. The van der Waals surface area contributed by atoms with E-state index in [9.17, 15) is 4.79 Å². The summed E-state index contributed by atoms with van der Waals surface area (Å²) in [6.07, 6.45) is 4.54. The van der Waals surface area contributed by atoms with Gasteiger partial charge in [-0.25, -0.2) is 4.98 Å². The topological polar surface area (TPSA) is 58.4 Å². The minimum absolute atomic E-state index is 0.204. The molecule has 164 valence electrons. The minimum atomic E-state index is -0.204. The Labute approximate surface area is 196 Å². The molecule has 32 heavy (non-hydrogen) atoms. The maximum absolute atomic E-state index is 12.7. The summed E-state index contributed by atoms with van der Waals surface area (Å²) in [5, 5.41) is 6.24. The Bertz CT molecular complexity index is 1260. The van der Waals surface area contributed by atoms with Crippen molar-refractivity contribution in [1.29, 1.82) is 0 Å². The number of carbonyl (C=O) groups excluding carboxylic acids is 1. The van der Waals surface area contributed by atoms with Gasteiger partial charge in [-0.15, -0.1) is 0 Å². The Hall–Kier alpha value is -2.83. The Morgan fingerprint density at radius 3 is 2.66 bits per heavy atom. The van der Waals surface area contributed by atoms with E-state index < -0.39 is 0 Å². The van der Waals surface area contributed by atoms with Crippen LogP contribution in [0.4, 0.5) is 10.1 Å². The van der Waals surface area contributed by atoms with Crippen molar-refractivity contribution in [3.63, 3.8) is 0 Å². The Kier molecular flexibility index (Phi) is 5.89. The predicted molar refractivity (Wildman–Crippen MR) is 132 cm³/mol. The Morgan fingerprint density at radius 2 is 1.91 bits per heavy atom. The molecule has 3 heterocycles. The summed E-state index contributed by atoms with van der Waals surface area (Å²) >= 11 is 7.45. The number of furan rings is 1. The summed E-state index contributed by atoms with van der Waals surface area (Å²) in [6, 6.07) is 15.2. The number of halogens is 1. The van der Waals surface area contributed by atoms with Crippen LogP contribution < -0.4 is 10.2 Å². The molecule has 1 aliphatic heterocycles. The quantitative estimate of drug-likeness (QED) is 0.344. The second-order valence-electron chi connectivity index (χ2n) is 8.02. The monoisotopic (exact) mass is 465 g/mol. The van der Waals surface area contributed by atoms with E-state index in [0.717, 1.165) is 59.8 Å². The van der Waals surface area contributed by atoms with Crippen LogP contribution in [0.5, 0.6) is 0 Å². The normalized spacial score (nSPS) is 14.1. The molecule has 0 unspecified atom stereocenters. The number of carbonyl (C=O) groups is 1. The van der Waals surface area contributed by atoms with Crippen molar-refractivity contribution in [2.45, 2.75) is 32.6 Å². The number of anilines is 2. The van der Waals surface area contributed by atoms with Crippen molar-refractivity contribution in [2.24, 2.45) is 0 Å². The maximum Gasteiger partial charge on any atom is 0.257 e. The molecule has 5 nitrogen and oxygen atoms in total. The molecule has 0 saturated carbocycles. The zero-order valence-corrected chi connectivity index (χ0v) is 19.4. The fraction of sp³-hybridized carbons (Fsp3) is 0.280. The van der Waals surface area contributed by atoms with Gasteiger partial charge in [0.25, 0.3) is 5.91 Å². The van der Waals surface area contributed by atoms with E-state index in [1.807, 2.05) is 6.07 Å². The van der Waals surface area contributed by atoms with Gasteiger partial charge in [0.1, 0.15) is 16.3 Å². The zero-order valence-electron chi connectivity index (χ0n) is 17.9. The van der Waals surface area contributed by atoms with Crippen LogP contribution in [0.25, 0.3) is 22.4 Å². The fourth-order valence-electron chi connectivity index (χ4n) is 4.04. The van der Waals surface area contributed by atoms with Gasteiger partial charge in [0.15, 0.2) is 10.9 Å². The highest BCUT2D eigenvalue weighted by atomic mass is 35.5. The second-order valence-corrected chi connectivity index (χ2v) is 9.43. The number of thiazole rings is 1. The summed E-state index contributed by atoms with van der Waals surface area (Å²) in [5.74, 6) is 0.529. The first-order chi connectivity index (χ1) is 15.6. The molecule has 4 aromatic rings. The molecule has 0 spiro atoms. The van der Waals surface area contributed by atoms with Gasteiger partial charge in [-0.3, -0.25) is 10.1 Å². The number of aromatic nitrogens is 1. The first-order valence-electron chi connectivity index (χ1n) is 11.0. The first-order valence-corrected chi connectivity index (χ1v) is 12.2. The third kappa shape index (κ3) is 4.25. The average molecular weight is 466 g/mol. The molecule has 2 aromatic carbocycles. The van der Waals surface area contributed by atoms with Crippen LogP contribution in [0.3, 0.4) is 0 Å². The standard InChI is InChI=1S/C25H24ClN3O2S/c1-2-16-6-11-20-18(14-16)15-21(31-20)22-24(29-12-4-3-5-13-29)32-25(27-22)28-23(30)17-7-9-19(26)10-8-17/h6-11,14-15H,2-5,12-13H2,1H3,(H,27,28,30). The van der Waals surface area contributed by atoms with E-state index in [1.165, 1.54) is 23.3 Å². The number of nitrogens with one attached hydrogen (secondary N) is 1. The SMILES string of the molecule is CCc1ccc2oc(-c3nc(NC(=O)c4ccc(Cl)cc4)sc3N3CCCCC3)cc2c1. The molecular formula is C25H24ClN3O2S. The van der Waals surface area contributed by atoms with Crippen molar-refractivity contribution >= 4 is 49.9 Å². The molecule has 1 amide bonds. The van der Waals surface area contributed by atoms with Gasteiger partial charge >= 0.3 is 0 Å². The highest BCUT2D eigenvalue weighted by Gasteiger charge is 2.24. The number of rotatable bonds is 5. The number of benzene rings is 2. The van der Waals surface area contributed by atoms with E-state index in [1.54, 1.807) is 24.3 Å².